The summed E-state index contributed by atoms with van der Waals surface area (Å²) < 4.78 is 0. The first kappa shape index (κ1) is 16.2. The van der Waals surface area contributed by atoms with E-state index in [-0.39, 0.29) is 5.91 Å². The van der Waals surface area contributed by atoms with Crippen LogP contribution in [0.3, 0.4) is 0 Å². The van der Waals surface area contributed by atoms with Crippen LogP contribution >= 0.6 is 0 Å². The first-order valence-electron chi connectivity index (χ1n) is 7.67. The largest absolute Gasteiger partial charge is 0.342 e. The second kappa shape index (κ2) is 7.72. The fourth-order valence-electron chi connectivity index (χ4n) is 2.34. The zero-order valence-corrected chi connectivity index (χ0v) is 13.2. The monoisotopic (exact) mass is 305 g/mol. The van der Waals surface area contributed by atoms with Gasteiger partial charge < -0.3 is 14.7 Å². The Balaban J connectivity index is 1.95. The van der Waals surface area contributed by atoms with Crippen molar-refractivity contribution < 1.29 is 9.59 Å². The predicted octanol–water partition coefficient (Wildman–Crippen LogP) is 0.627. The van der Waals surface area contributed by atoms with Gasteiger partial charge in [0.25, 0.3) is 5.91 Å². The van der Waals surface area contributed by atoms with Gasteiger partial charge in [0.05, 0.1) is 5.56 Å². The number of hydrogen-bond donors (Lipinski definition) is 0. The van der Waals surface area contributed by atoms with Crippen molar-refractivity contribution in [1.29, 1.82) is 0 Å². The molecule has 1 aliphatic heterocycles. The van der Waals surface area contributed by atoms with Gasteiger partial charge in [0, 0.05) is 52.2 Å². The van der Waals surface area contributed by atoms with E-state index in [0.29, 0.717) is 37.7 Å². The second-order valence-corrected chi connectivity index (χ2v) is 5.48. The Morgan fingerprint density at radius 3 is 2.45 bits per heavy atom. The number of carbonyl (C=O) groups is 2. The Morgan fingerprint density at radius 2 is 1.91 bits per heavy atom. The van der Waals surface area contributed by atoms with Gasteiger partial charge in [-0.15, -0.1) is 0 Å². The van der Waals surface area contributed by atoms with Gasteiger partial charge >= 0.3 is 0 Å². The number of aromatic nitrogens is 2. The molecule has 0 unspecified atom stereocenters. The van der Waals surface area contributed by atoms with Crippen molar-refractivity contribution in [2.24, 2.45) is 0 Å². The molecule has 0 spiro atoms. The molecule has 0 aliphatic carbocycles. The highest BCUT2D eigenvalue weighted by atomic mass is 16.2. The molecule has 1 saturated heterocycles. The van der Waals surface area contributed by atoms with E-state index in [1.54, 1.807) is 29.2 Å². The highest BCUT2D eigenvalue weighted by molar-refractivity contribution is 5.93. The number of amides is 2. The topological polar surface area (TPSA) is 69.6 Å². The third-order valence-electron chi connectivity index (χ3n) is 3.83. The molecular formula is C15H23N5O2. The molecule has 7 heteroatoms. The van der Waals surface area contributed by atoms with E-state index in [2.05, 4.69) is 16.9 Å². The Hall–Kier alpha value is -2.18. The highest BCUT2D eigenvalue weighted by Gasteiger charge is 2.18. The molecule has 22 heavy (non-hydrogen) atoms. The summed E-state index contributed by atoms with van der Waals surface area (Å²) in [5, 5.41) is 0. The third-order valence-corrected chi connectivity index (χ3v) is 3.83. The van der Waals surface area contributed by atoms with Gasteiger partial charge in [-0.3, -0.25) is 9.59 Å². The quantitative estimate of drug-likeness (QED) is 0.721. The van der Waals surface area contributed by atoms with Gasteiger partial charge in [0.2, 0.25) is 12.4 Å². The van der Waals surface area contributed by atoms with Crippen LogP contribution in [0.4, 0.5) is 5.95 Å². The van der Waals surface area contributed by atoms with Gasteiger partial charge in [0.1, 0.15) is 0 Å². The van der Waals surface area contributed by atoms with E-state index in [1.807, 2.05) is 4.90 Å². The number of rotatable bonds is 6. The molecule has 0 bridgehead atoms. The lowest BCUT2D eigenvalue weighted by Crippen LogP contribution is -2.46. The van der Waals surface area contributed by atoms with Crippen LogP contribution in [-0.2, 0) is 4.79 Å². The van der Waals surface area contributed by atoms with Crippen molar-refractivity contribution in [3.8, 4) is 0 Å². The maximum Gasteiger partial charge on any atom is 0.256 e. The Kier molecular flexibility index (Phi) is 5.68. The molecule has 7 nitrogen and oxygen atoms in total. The predicted molar refractivity (Wildman–Crippen MR) is 83.8 cm³/mol. The summed E-state index contributed by atoms with van der Waals surface area (Å²) in [7, 11) is 1.80. The lowest BCUT2D eigenvalue weighted by atomic mass is 10.2. The van der Waals surface area contributed by atoms with Gasteiger partial charge in [-0.2, -0.15) is 0 Å². The minimum atomic E-state index is -0.0502. The zero-order chi connectivity index (χ0) is 15.9. The molecule has 0 atom stereocenters. The number of hydrogen-bond acceptors (Lipinski definition) is 5. The number of piperazine rings is 1. The average Bonchev–Trinajstić information content (AvgIpc) is 2.59. The maximum atomic E-state index is 12.2. The van der Waals surface area contributed by atoms with Gasteiger partial charge in [-0.25, -0.2) is 9.97 Å². The normalized spacial score (nSPS) is 14.8. The van der Waals surface area contributed by atoms with Gasteiger partial charge in [-0.05, 0) is 6.42 Å². The van der Waals surface area contributed by atoms with Crippen LogP contribution < -0.4 is 4.90 Å². The molecule has 1 fully saturated rings. The number of nitrogens with zero attached hydrogens (tertiary/aromatic N) is 5. The summed E-state index contributed by atoms with van der Waals surface area (Å²) in [6.07, 6.45) is 6.08. The molecule has 1 aromatic heterocycles. The fourth-order valence-corrected chi connectivity index (χ4v) is 2.34. The standard InChI is InChI=1S/C15H23N5O2/c1-3-4-5-18(2)14(22)13-10-16-15(17-11-13)20-8-6-19(12-21)7-9-20/h10-12H,3-9H2,1-2H3. The molecule has 120 valence electrons. The molecule has 2 amide bonds. The van der Waals surface area contributed by atoms with Crippen molar-refractivity contribution in [3.63, 3.8) is 0 Å². The Labute approximate surface area is 130 Å². The average molecular weight is 305 g/mol. The molecule has 0 aromatic carbocycles. The molecule has 0 N–H and O–H groups in total. The SMILES string of the molecule is CCCCN(C)C(=O)c1cnc(N2CCN(C=O)CC2)nc1. The molecule has 2 heterocycles. The molecule has 2 rings (SSSR count). The zero-order valence-electron chi connectivity index (χ0n) is 13.2. The van der Waals surface area contributed by atoms with Crippen LogP contribution in [0.1, 0.15) is 30.1 Å². The van der Waals surface area contributed by atoms with Crippen LogP contribution in [0, 0.1) is 0 Å². The molecule has 0 radical (unpaired) electrons. The maximum absolute atomic E-state index is 12.2. The molecule has 1 aromatic rings. The van der Waals surface area contributed by atoms with Crippen molar-refractivity contribution in [2.75, 3.05) is 44.7 Å². The van der Waals surface area contributed by atoms with Crippen molar-refractivity contribution in [1.82, 2.24) is 19.8 Å². The number of anilines is 1. The first-order valence-corrected chi connectivity index (χ1v) is 7.67. The van der Waals surface area contributed by atoms with Gasteiger partial charge in [0.15, 0.2) is 0 Å². The van der Waals surface area contributed by atoms with Gasteiger partial charge in [-0.1, -0.05) is 13.3 Å². The Bertz CT molecular complexity index is 497. The molecule has 1 aliphatic rings. The van der Waals surface area contributed by atoms with E-state index in [9.17, 15) is 9.59 Å². The number of carbonyl (C=O) groups excluding carboxylic acids is 2. The summed E-state index contributed by atoms with van der Waals surface area (Å²) in [6.45, 7) is 5.61. The second-order valence-electron chi connectivity index (χ2n) is 5.48. The first-order chi connectivity index (χ1) is 10.7. The van der Waals surface area contributed by atoms with Crippen LogP contribution in [0.2, 0.25) is 0 Å². The van der Waals surface area contributed by atoms with E-state index in [1.165, 1.54) is 0 Å². The summed E-state index contributed by atoms with van der Waals surface area (Å²) in [5.41, 5.74) is 0.508. The van der Waals surface area contributed by atoms with Crippen molar-refractivity contribution in [3.05, 3.63) is 18.0 Å². The van der Waals surface area contributed by atoms with E-state index >= 15 is 0 Å². The lowest BCUT2D eigenvalue weighted by molar-refractivity contribution is -0.118. The van der Waals surface area contributed by atoms with E-state index in [0.717, 1.165) is 25.8 Å². The van der Waals surface area contributed by atoms with Crippen LogP contribution in [0.5, 0.6) is 0 Å². The van der Waals surface area contributed by atoms with Crippen LogP contribution in [0.15, 0.2) is 12.4 Å². The van der Waals surface area contributed by atoms with Crippen molar-refractivity contribution in [2.45, 2.75) is 19.8 Å². The summed E-state index contributed by atoms with van der Waals surface area (Å²) in [5.74, 6) is 0.559. The minimum absolute atomic E-state index is 0.0502. The summed E-state index contributed by atoms with van der Waals surface area (Å²) in [6, 6.07) is 0. The summed E-state index contributed by atoms with van der Waals surface area (Å²) >= 11 is 0. The van der Waals surface area contributed by atoms with E-state index in [4.69, 9.17) is 0 Å². The fraction of sp³-hybridized carbons (Fsp3) is 0.600. The Morgan fingerprint density at radius 1 is 1.27 bits per heavy atom. The molecule has 0 saturated carbocycles. The minimum Gasteiger partial charge on any atom is -0.342 e. The molecular weight excluding hydrogens is 282 g/mol. The van der Waals surface area contributed by atoms with Crippen LogP contribution in [-0.4, -0.2) is 71.9 Å². The van der Waals surface area contributed by atoms with Crippen molar-refractivity contribution >= 4 is 18.3 Å². The smallest absolute Gasteiger partial charge is 0.256 e. The highest BCUT2D eigenvalue weighted by Crippen LogP contribution is 2.11. The number of unbranched alkanes of at least 4 members (excludes halogenated alkanes) is 1. The van der Waals surface area contributed by atoms with E-state index < -0.39 is 0 Å². The van der Waals surface area contributed by atoms with Crippen LogP contribution in [0.25, 0.3) is 0 Å². The third kappa shape index (κ3) is 3.93. The lowest BCUT2D eigenvalue weighted by Gasteiger charge is -2.32. The summed E-state index contributed by atoms with van der Waals surface area (Å²) in [4.78, 5) is 37.0.